The molecule has 0 aliphatic carbocycles. The van der Waals surface area contributed by atoms with Crippen LogP contribution in [0.15, 0.2) is 46.9 Å². The molecule has 0 radical (unpaired) electrons. The maximum Gasteiger partial charge on any atom is 0.416 e. The highest BCUT2D eigenvalue weighted by Gasteiger charge is 2.30. The fraction of sp³-hybridized carbons (Fsp3) is 0.200. The molecule has 1 nitrogen and oxygen atoms in total. The Balaban J connectivity index is 2.21. The molecular formula is C15H11BrClF3O. The summed E-state index contributed by atoms with van der Waals surface area (Å²) < 4.78 is 38.6. The van der Waals surface area contributed by atoms with E-state index in [0.29, 0.717) is 20.6 Å². The molecule has 0 aliphatic rings. The second kappa shape index (κ2) is 6.38. The maximum absolute atomic E-state index is 12.7. The van der Waals surface area contributed by atoms with Crippen LogP contribution in [0.25, 0.3) is 0 Å². The number of halogens is 5. The summed E-state index contributed by atoms with van der Waals surface area (Å²) >= 11 is 9.10. The van der Waals surface area contributed by atoms with Crippen molar-refractivity contribution in [3.8, 4) is 0 Å². The first kappa shape index (κ1) is 16.3. The number of aliphatic hydroxyl groups excluding tert-OH is 1. The van der Waals surface area contributed by atoms with Crippen LogP contribution in [0.1, 0.15) is 22.8 Å². The molecule has 0 aliphatic heterocycles. The van der Waals surface area contributed by atoms with Crippen molar-refractivity contribution in [2.45, 2.75) is 18.7 Å². The third kappa shape index (κ3) is 4.22. The lowest BCUT2D eigenvalue weighted by Crippen LogP contribution is -2.07. The van der Waals surface area contributed by atoms with Gasteiger partial charge in [0.05, 0.1) is 11.7 Å². The van der Waals surface area contributed by atoms with E-state index in [9.17, 15) is 18.3 Å². The first-order valence-corrected chi connectivity index (χ1v) is 7.23. The molecule has 0 saturated heterocycles. The van der Waals surface area contributed by atoms with Crippen LogP contribution in [-0.2, 0) is 12.6 Å². The zero-order valence-corrected chi connectivity index (χ0v) is 13.0. The Morgan fingerprint density at radius 3 is 2.48 bits per heavy atom. The van der Waals surface area contributed by atoms with Gasteiger partial charge in [0, 0.05) is 15.9 Å². The standard InChI is InChI=1S/C15H11BrClF3O/c16-13-8-11(17)4-5-12(13)14(21)7-9-2-1-3-10(6-9)15(18,19)20/h1-6,8,14,21H,7H2. The zero-order valence-electron chi connectivity index (χ0n) is 10.7. The normalized spacial score (nSPS) is 13.2. The van der Waals surface area contributed by atoms with E-state index in [1.54, 1.807) is 24.3 Å². The molecule has 2 rings (SSSR count). The number of aliphatic hydroxyl groups is 1. The van der Waals surface area contributed by atoms with Crippen molar-refractivity contribution in [1.82, 2.24) is 0 Å². The first-order chi connectivity index (χ1) is 9.77. The van der Waals surface area contributed by atoms with E-state index in [2.05, 4.69) is 15.9 Å². The molecule has 112 valence electrons. The summed E-state index contributed by atoms with van der Waals surface area (Å²) in [5, 5.41) is 10.7. The lowest BCUT2D eigenvalue weighted by molar-refractivity contribution is -0.137. The third-order valence-electron chi connectivity index (χ3n) is 3.00. The lowest BCUT2D eigenvalue weighted by atomic mass is 10.00. The van der Waals surface area contributed by atoms with E-state index in [0.717, 1.165) is 12.1 Å². The predicted molar refractivity (Wildman–Crippen MR) is 79.3 cm³/mol. The summed E-state index contributed by atoms with van der Waals surface area (Å²) in [6.45, 7) is 0. The van der Waals surface area contributed by atoms with Gasteiger partial charge in [0.15, 0.2) is 0 Å². The maximum atomic E-state index is 12.7. The third-order valence-corrected chi connectivity index (χ3v) is 3.93. The summed E-state index contributed by atoms with van der Waals surface area (Å²) in [6.07, 6.45) is -5.22. The summed E-state index contributed by atoms with van der Waals surface area (Å²) in [4.78, 5) is 0. The molecule has 21 heavy (non-hydrogen) atoms. The largest absolute Gasteiger partial charge is 0.416 e. The zero-order chi connectivity index (χ0) is 15.6. The molecule has 0 spiro atoms. The second-order valence-corrected chi connectivity index (χ2v) is 5.87. The van der Waals surface area contributed by atoms with Gasteiger partial charge < -0.3 is 5.11 Å². The molecule has 0 fully saturated rings. The molecule has 1 N–H and O–H groups in total. The van der Waals surface area contributed by atoms with Gasteiger partial charge in [0.25, 0.3) is 0 Å². The Morgan fingerprint density at radius 1 is 1.14 bits per heavy atom. The van der Waals surface area contributed by atoms with Gasteiger partial charge in [-0.15, -0.1) is 0 Å². The van der Waals surface area contributed by atoms with Crippen LogP contribution in [0.2, 0.25) is 5.02 Å². The average Bonchev–Trinajstić information content (AvgIpc) is 2.37. The highest BCUT2D eigenvalue weighted by molar-refractivity contribution is 9.10. The number of benzene rings is 2. The molecular weight excluding hydrogens is 369 g/mol. The SMILES string of the molecule is OC(Cc1cccc(C(F)(F)F)c1)c1ccc(Cl)cc1Br. The smallest absolute Gasteiger partial charge is 0.388 e. The Morgan fingerprint density at radius 2 is 1.86 bits per heavy atom. The van der Waals surface area contributed by atoms with Gasteiger partial charge in [-0.1, -0.05) is 51.8 Å². The van der Waals surface area contributed by atoms with E-state index < -0.39 is 17.8 Å². The predicted octanol–water partition coefficient (Wildman–Crippen LogP) is 5.40. The van der Waals surface area contributed by atoms with Crippen molar-refractivity contribution in [1.29, 1.82) is 0 Å². The lowest BCUT2D eigenvalue weighted by Gasteiger charge is -2.14. The van der Waals surface area contributed by atoms with Gasteiger partial charge in [-0.3, -0.25) is 0 Å². The van der Waals surface area contributed by atoms with E-state index in [1.165, 1.54) is 6.07 Å². The number of rotatable bonds is 3. The summed E-state index contributed by atoms with van der Waals surface area (Å²) in [5.74, 6) is 0. The number of hydrogen-bond acceptors (Lipinski definition) is 1. The highest BCUT2D eigenvalue weighted by atomic mass is 79.9. The fourth-order valence-corrected chi connectivity index (χ4v) is 2.93. The molecule has 0 aromatic heterocycles. The van der Waals surface area contributed by atoms with Gasteiger partial charge in [-0.25, -0.2) is 0 Å². The Kier molecular flexibility index (Phi) is 4.96. The molecule has 0 bridgehead atoms. The van der Waals surface area contributed by atoms with Gasteiger partial charge >= 0.3 is 6.18 Å². The van der Waals surface area contributed by atoms with Crippen LogP contribution in [0.4, 0.5) is 13.2 Å². The van der Waals surface area contributed by atoms with Crippen molar-refractivity contribution in [2.75, 3.05) is 0 Å². The quantitative estimate of drug-likeness (QED) is 0.757. The van der Waals surface area contributed by atoms with Gasteiger partial charge in [0.1, 0.15) is 0 Å². The van der Waals surface area contributed by atoms with Crippen molar-refractivity contribution in [2.24, 2.45) is 0 Å². The molecule has 0 saturated carbocycles. The monoisotopic (exact) mass is 378 g/mol. The molecule has 2 aromatic carbocycles. The average molecular weight is 380 g/mol. The molecule has 1 atom stereocenters. The summed E-state index contributed by atoms with van der Waals surface area (Å²) in [6, 6.07) is 9.85. The van der Waals surface area contributed by atoms with Crippen LogP contribution >= 0.6 is 27.5 Å². The second-order valence-electron chi connectivity index (χ2n) is 4.58. The summed E-state index contributed by atoms with van der Waals surface area (Å²) in [5.41, 5.74) is 0.276. The molecule has 1 unspecified atom stereocenters. The summed E-state index contributed by atoms with van der Waals surface area (Å²) in [7, 11) is 0. The van der Waals surface area contributed by atoms with Crippen molar-refractivity contribution < 1.29 is 18.3 Å². The van der Waals surface area contributed by atoms with Crippen LogP contribution < -0.4 is 0 Å². The van der Waals surface area contributed by atoms with E-state index in [-0.39, 0.29) is 6.42 Å². The fourth-order valence-electron chi connectivity index (χ4n) is 1.98. The van der Waals surface area contributed by atoms with Crippen LogP contribution in [0, 0.1) is 0 Å². The van der Waals surface area contributed by atoms with Crippen LogP contribution in [0.5, 0.6) is 0 Å². The van der Waals surface area contributed by atoms with Gasteiger partial charge in [-0.2, -0.15) is 13.2 Å². The molecule has 0 amide bonds. The first-order valence-electron chi connectivity index (χ1n) is 6.06. The minimum atomic E-state index is -4.39. The Bertz CT molecular complexity index is 643. The van der Waals surface area contributed by atoms with E-state index >= 15 is 0 Å². The molecule has 0 heterocycles. The van der Waals surface area contributed by atoms with Crippen molar-refractivity contribution in [3.63, 3.8) is 0 Å². The minimum Gasteiger partial charge on any atom is -0.388 e. The van der Waals surface area contributed by atoms with Crippen LogP contribution in [0.3, 0.4) is 0 Å². The van der Waals surface area contributed by atoms with Gasteiger partial charge in [-0.05, 0) is 29.3 Å². The van der Waals surface area contributed by atoms with Crippen LogP contribution in [-0.4, -0.2) is 5.11 Å². The topological polar surface area (TPSA) is 20.2 Å². The van der Waals surface area contributed by atoms with Gasteiger partial charge in [0.2, 0.25) is 0 Å². The highest BCUT2D eigenvalue weighted by Crippen LogP contribution is 2.32. The van der Waals surface area contributed by atoms with Crippen molar-refractivity contribution in [3.05, 3.63) is 68.7 Å². The Hall–Kier alpha value is -1.04. The Labute approximate surface area is 133 Å². The molecule has 6 heteroatoms. The van der Waals surface area contributed by atoms with E-state index in [1.807, 2.05) is 0 Å². The number of alkyl halides is 3. The van der Waals surface area contributed by atoms with E-state index in [4.69, 9.17) is 11.6 Å². The molecule has 2 aromatic rings. The minimum absolute atomic E-state index is 0.0875. The number of hydrogen-bond donors (Lipinski definition) is 1. The van der Waals surface area contributed by atoms with Crippen molar-refractivity contribution >= 4 is 27.5 Å².